The lowest BCUT2D eigenvalue weighted by Crippen LogP contribution is -2.51. The summed E-state index contributed by atoms with van der Waals surface area (Å²) in [7, 11) is 1.67. The smallest absolute Gasteiger partial charge is 0.248 e. The Kier molecular flexibility index (Phi) is 5.03. The highest BCUT2D eigenvalue weighted by molar-refractivity contribution is 9.10. The summed E-state index contributed by atoms with van der Waals surface area (Å²) in [6, 6.07) is 3.62. The van der Waals surface area contributed by atoms with E-state index < -0.39 is 5.41 Å². The first-order valence-corrected chi connectivity index (χ1v) is 6.48. The molecule has 0 saturated heterocycles. The molecule has 0 aliphatic carbocycles. The first-order chi connectivity index (χ1) is 8.37. The zero-order valence-electron chi connectivity index (χ0n) is 10.4. The largest absolute Gasteiger partial charge is 0.364 e. The number of thiocarbonyl (C=S) groups is 1. The van der Waals surface area contributed by atoms with Crippen molar-refractivity contribution in [1.82, 2.24) is 21.2 Å². The van der Waals surface area contributed by atoms with Crippen LogP contribution in [0, 0.1) is 0 Å². The third-order valence-corrected chi connectivity index (χ3v) is 3.27. The summed E-state index contributed by atoms with van der Waals surface area (Å²) in [4.78, 5) is 16.1. The van der Waals surface area contributed by atoms with Crippen LogP contribution in [-0.2, 0) is 10.2 Å². The van der Waals surface area contributed by atoms with Gasteiger partial charge in [-0.1, -0.05) is 0 Å². The molecule has 1 amide bonds. The summed E-state index contributed by atoms with van der Waals surface area (Å²) in [6.07, 6.45) is 1.65. The highest BCUT2D eigenvalue weighted by Crippen LogP contribution is 2.24. The molecule has 0 saturated carbocycles. The van der Waals surface area contributed by atoms with Crippen molar-refractivity contribution in [2.24, 2.45) is 0 Å². The van der Waals surface area contributed by atoms with E-state index >= 15 is 0 Å². The number of hydrogen-bond acceptors (Lipinski definition) is 3. The number of halogens is 1. The fourth-order valence-electron chi connectivity index (χ4n) is 1.25. The summed E-state index contributed by atoms with van der Waals surface area (Å²) in [5.41, 5.74) is 5.35. The molecule has 0 unspecified atom stereocenters. The minimum atomic E-state index is -0.693. The maximum atomic E-state index is 12.1. The quantitative estimate of drug-likeness (QED) is 0.432. The van der Waals surface area contributed by atoms with Crippen LogP contribution < -0.4 is 16.2 Å². The van der Waals surface area contributed by atoms with Crippen LogP contribution in [-0.4, -0.2) is 23.1 Å². The third-order valence-electron chi connectivity index (χ3n) is 2.53. The predicted molar refractivity (Wildman–Crippen MR) is 77.9 cm³/mol. The molecule has 0 atom stereocenters. The lowest BCUT2D eigenvalue weighted by Gasteiger charge is -2.24. The van der Waals surface area contributed by atoms with Crippen LogP contribution in [0.3, 0.4) is 0 Å². The second-order valence-corrected chi connectivity index (χ2v) is 5.37. The summed E-state index contributed by atoms with van der Waals surface area (Å²) in [5.74, 6) is -0.182. The highest BCUT2D eigenvalue weighted by Gasteiger charge is 2.30. The first-order valence-electron chi connectivity index (χ1n) is 5.28. The number of carbonyl (C=O) groups excluding carboxylic acids is 1. The van der Waals surface area contributed by atoms with Gasteiger partial charge in [0.2, 0.25) is 5.91 Å². The number of hydrazine groups is 1. The summed E-state index contributed by atoms with van der Waals surface area (Å²) < 4.78 is 0.694. The summed E-state index contributed by atoms with van der Waals surface area (Å²) in [6.45, 7) is 3.66. The standard InChI is InChI=1S/C11H15BrN4OS/c1-11(2,7-4-5-14-8(12)6-7)9(17)15-16-10(18)13-3/h4-6H,1-3H3,(H,15,17)(H2,13,16,18). The van der Waals surface area contributed by atoms with Gasteiger partial charge in [0.25, 0.3) is 0 Å². The van der Waals surface area contributed by atoms with Gasteiger partial charge >= 0.3 is 0 Å². The average molecular weight is 331 g/mol. The number of carbonyl (C=O) groups is 1. The number of amides is 1. The van der Waals surface area contributed by atoms with Crippen molar-refractivity contribution in [3.63, 3.8) is 0 Å². The van der Waals surface area contributed by atoms with Crippen molar-refractivity contribution in [1.29, 1.82) is 0 Å². The van der Waals surface area contributed by atoms with Crippen molar-refractivity contribution in [3.8, 4) is 0 Å². The molecule has 1 rings (SSSR count). The van der Waals surface area contributed by atoms with Crippen LogP contribution in [0.25, 0.3) is 0 Å². The van der Waals surface area contributed by atoms with Gasteiger partial charge in [-0.2, -0.15) is 0 Å². The van der Waals surface area contributed by atoms with Crippen molar-refractivity contribution < 1.29 is 4.79 Å². The van der Waals surface area contributed by atoms with Crippen LogP contribution in [0.1, 0.15) is 19.4 Å². The minimum absolute atomic E-state index is 0.182. The number of pyridine rings is 1. The molecule has 18 heavy (non-hydrogen) atoms. The van der Waals surface area contributed by atoms with E-state index in [4.69, 9.17) is 12.2 Å². The van der Waals surface area contributed by atoms with Crippen molar-refractivity contribution in [3.05, 3.63) is 28.5 Å². The predicted octanol–water partition coefficient (Wildman–Crippen LogP) is 1.25. The molecule has 5 nitrogen and oxygen atoms in total. The van der Waals surface area contributed by atoms with E-state index in [0.717, 1.165) is 5.56 Å². The van der Waals surface area contributed by atoms with Crippen LogP contribution in [0.5, 0.6) is 0 Å². The van der Waals surface area contributed by atoms with E-state index in [9.17, 15) is 4.79 Å². The van der Waals surface area contributed by atoms with Crippen LogP contribution in [0.2, 0.25) is 0 Å². The molecule has 1 heterocycles. The van der Waals surface area contributed by atoms with Gasteiger partial charge in [-0.3, -0.25) is 15.6 Å². The van der Waals surface area contributed by atoms with Gasteiger partial charge in [-0.25, -0.2) is 4.98 Å². The highest BCUT2D eigenvalue weighted by atomic mass is 79.9. The van der Waals surface area contributed by atoms with Gasteiger partial charge in [-0.05, 0) is 59.7 Å². The second kappa shape index (κ2) is 6.10. The van der Waals surface area contributed by atoms with Gasteiger partial charge in [0.15, 0.2) is 5.11 Å². The fourth-order valence-corrected chi connectivity index (χ4v) is 1.67. The van der Waals surface area contributed by atoms with Crippen LogP contribution >= 0.6 is 28.1 Å². The molecular formula is C11H15BrN4OS. The molecule has 0 aliphatic heterocycles. The summed E-state index contributed by atoms with van der Waals surface area (Å²) in [5, 5.41) is 3.07. The lowest BCUT2D eigenvalue weighted by atomic mass is 9.84. The number of nitrogens with zero attached hydrogens (tertiary/aromatic N) is 1. The Hall–Kier alpha value is -1.21. The van der Waals surface area contributed by atoms with E-state index in [0.29, 0.717) is 9.72 Å². The zero-order valence-corrected chi connectivity index (χ0v) is 12.8. The Labute approximate surface area is 120 Å². The third kappa shape index (κ3) is 3.64. The van der Waals surface area contributed by atoms with Gasteiger partial charge in [0.1, 0.15) is 4.60 Å². The molecule has 98 valence electrons. The molecule has 7 heteroatoms. The molecule has 1 aromatic heterocycles. The first kappa shape index (κ1) is 14.8. The molecule has 0 aromatic carbocycles. The fraction of sp³-hybridized carbons (Fsp3) is 0.364. The molecule has 0 bridgehead atoms. The normalized spacial score (nSPS) is 10.7. The number of nitrogens with one attached hydrogen (secondary N) is 3. The Balaban J connectivity index is 2.79. The molecule has 3 N–H and O–H groups in total. The van der Waals surface area contributed by atoms with E-state index in [1.807, 2.05) is 19.9 Å². The minimum Gasteiger partial charge on any atom is -0.364 e. The zero-order chi connectivity index (χ0) is 13.8. The topological polar surface area (TPSA) is 66.0 Å². The van der Waals surface area contributed by atoms with Crippen molar-refractivity contribution >= 4 is 39.2 Å². The maximum Gasteiger partial charge on any atom is 0.248 e. The van der Waals surface area contributed by atoms with Crippen LogP contribution in [0.15, 0.2) is 22.9 Å². The van der Waals surface area contributed by atoms with Gasteiger partial charge < -0.3 is 5.32 Å². The monoisotopic (exact) mass is 330 g/mol. The van der Waals surface area contributed by atoms with E-state index in [2.05, 4.69) is 37.1 Å². The Morgan fingerprint density at radius 3 is 2.67 bits per heavy atom. The van der Waals surface area contributed by atoms with E-state index in [-0.39, 0.29) is 5.91 Å². The SMILES string of the molecule is CNC(=S)NNC(=O)C(C)(C)c1ccnc(Br)c1. The Morgan fingerprint density at radius 2 is 2.11 bits per heavy atom. The number of hydrogen-bond donors (Lipinski definition) is 3. The number of rotatable bonds is 2. The Morgan fingerprint density at radius 1 is 1.44 bits per heavy atom. The lowest BCUT2D eigenvalue weighted by molar-refractivity contribution is -0.126. The van der Waals surface area contributed by atoms with Gasteiger partial charge in [-0.15, -0.1) is 0 Å². The van der Waals surface area contributed by atoms with E-state index in [1.54, 1.807) is 19.3 Å². The van der Waals surface area contributed by atoms with Crippen molar-refractivity contribution in [2.75, 3.05) is 7.05 Å². The molecule has 0 radical (unpaired) electrons. The molecule has 0 spiro atoms. The maximum absolute atomic E-state index is 12.1. The van der Waals surface area contributed by atoms with E-state index in [1.165, 1.54) is 0 Å². The average Bonchev–Trinajstić information content (AvgIpc) is 2.35. The summed E-state index contributed by atoms with van der Waals surface area (Å²) >= 11 is 8.17. The second-order valence-electron chi connectivity index (χ2n) is 4.15. The van der Waals surface area contributed by atoms with Gasteiger partial charge in [0, 0.05) is 13.2 Å². The van der Waals surface area contributed by atoms with Gasteiger partial charge in [0.05, 0.1) is 5.41 Å². The van der Waals surface area contributed by atoms with Crippen LogP contribution in [0.4, 0.5) is 0 Å². The number of aromatic nitrogens is 1. The molecule has 1 aromatic rings. The Bertz CT molecular complexity index is 464. The molecule has 0 fully saturated rings. The van der Waals surface area contributed by atoms with Crippen molar-refractivity contribution in [2.45, 2.75) is 19.3 Å². The molecular weight excluding hydrogens is 316 g/mol. The molecule has 0 aliphatic rings.